The van der Waals surface area contributed by atoms with Crippen LogP contribution in [0.2, 0.25) is 0 Å². The van der Waals surface area contributed by atoms with Crippen LogP contribution in [-0.2, 0) is 31.4 Å². The molecule has 0 radical (unpaired) electrons. The molecule has 4 aliphatic carbocycles. The Kier molecular flexibility index (Phi) is 6.42. The molecular weight excluding hydrogens is 370 g/mol. The molecule has 0 saturated heterocycles. The third-order valence-electron chi connectivity index (χ3n) is 6.17. The van der Waals surface area contributed by atoms with Gasteiger partial charge in [-0.1, -0.05) is 60.7 Å². The fourth-order valence-electron chi connectivity index (χ4n) is 4.08. The number of thioether (sulfide) groups is 1. The Hall–Kier alpha value is -2.03. The summed E-state index contributed by atoms with van der Waals surface area (Å²) in [5, 5.41) is 0. The van der Waals surface area contributed by atoms with Crippen molar-refractivity contribution in [2.45, 2.75) is 49.3 Å². The van der Waals surface area contributed by atoms with Gasteiger partial charge in [-0.25, -0.2) is 0 Å². The van der Waals surface area contributed by atoms with Gasteiger partial charge < -0.3 is 4.90 Å². The Labute approximate surface area is 180 Å². The predicted molar refractivity (Wildman–Crippen MR) is 126 cm³/mol. The van der Waals surface area contributed by atoms with Crippen LogP contribution >= 0.6 is 11.8 Å². The summed E-state index contributed by atoms with van der Waals surface area (Å²) in [5.74, 6) is 1.04. The zero-order valence-corrected chi connectivity index (χ0v) is 18.6. The van der Waals surface area contributed by atoms with Gasteiger partial charge in [0.15, 0.2) is 0 Å². The van der Waals surface area contributed by atoms with E-state index >= 15 is 0 Å². The van der Waals surface area contributed by atoms with Crippen LogP contribution in [0.1, 0.15) is 46.3 Å². The third-order valence-corrected chi connectivity index (χ3v) is 7.34. The molecule has 0 saturated carbocycles. The Morgan fingerprint density at radius 3 is 2.17 bits per heavy atom. The summed E-state index contributed by atoms with van der Waals surface area (Å²) in [4.78, 5) is 3.78. The molecule has 0 N–H and O–H groups in total. The van der Waals surface area contributed by atoms with Gasteiger partial charge in [-0.15, -0.1) is 11.8 Å². The van der Waals surface area contributed by atoms with E-state index in [1.54, 1.807) is 0 Å². The molecule has 7 rings (SSSR count). The molecule has 0 unspecified atom stereocenters. The zero-order chi connectivity index (χ0) is 20.2. The van der Waals surface area contributed by atoms with Crippen molar-refractivity contribution in [2.24, 2.45) is 0 Å². The van der Waals surface area contributed by atoms with Gasteiger partial charge in [0.05, 0.1) is 0 Å². The highest BCUT2D eigenvalue weighted by molar-refractivity contribution is 7.98. The van der Waals surface area contributed by atoms with Crippen molar-refractivity contribution in [3.8, 4) is 0 Å². The molecule has 4 aliphatic rings. The predicted octanol–water partition coefficient (Wildman–Crippen LogP) is 6.49. The van der Waals surface area contributed by atoms with Crippen LogP contribution in [0, 0.1) is 0 Å². The fourth-order valence-corrected chi connectivity index (χ4v) is 5.19. The van der Waals surface area contributed by atoms with Crippen molar-refractivity contribution >= 4 is 11.8 Å². The first-order chi connectivity index (χ1) is 14.1. The van der Waals surface area contributed by atoms with Crippen molar-refractivity contribution in [1.29, 1.82) is 0 Å². The van der Waals surface area contributed by atoms with E-state index in [1.165, 1.54) is 38.3 Å². The summed E-state index contributed by atoms with van der Waals surface area (Å²) in [6.07, 6.45) is 4.42. The van der Waals surface area contributed by atoms with E-state index in [9.17, 15) is 0 Å². The Morgan fingerprint density at radius 2 is 1.45 bits per heavy atom. The molecule has 0 fully saturated rings. The van der Waals surface area contributed by atoms with E-state index in [-0.39, 0.29) is 0 Å². The van der Waals surface area contributed by atoms with Gasteiger partial charge >= 0.3 is 0 Å². The monoisotopic (exact) mass is 401 g/mol. The van der Waals surface area contributed by atoms with Crippen molar-refractivity contribution in [3.63, 3.8) is 0 Å². The number of hydrogen-bond donors (Lipinski definition) is 0. The lowest BCUT2D eigenvalue weighted by atomic mass is 9.90. The van der Waals surface area contributed by atoms with Crippen LogP contribution in [0.4, 0.5) is 0 Å². The highest BCUT2D eigenvalue weighted by Gasteiger charge is 2.15. The molecule has 0 aliphatic heterocycles. The van der Waals surface area contributed by atoms with Gasteiger partial charge in [0.1, 0.15) is 0 Å². The number of nitrogens with zero attached hydrogens (tertiary/aromatic N) is 1. The van der Waals surface area contributed by atoms with Gasteiger partial charge in [0, 0.05) is 16.7 Å². The maximum absolute atomic E-state index is 2.46. The van der Waals surface area contributed by atoms with Gasteiger partial charge in [0.25, 0.3) is 0 Å². The van der Waals surface area contributed by atoms with Crippen LogP contribution in [0.15, 0.2) is 71.6 Å². The SMILES string of the molecule is C[C@@H](c1cc2ccc1CCc1ccc(c(SCc3ccccc3)c1)CC2)N(C)C. The first-order valence-electron chi connectivity index (χ1n) is 10.7. The first-order valence-corrected chi connectivity index (χ1v) is 11.7. The van der Waals surface area contributed by atoms with Crippen molar-refractivity contribution < 1.29 is 0 Å². The molecule has 0 amide bonds. The van der Waals surface area contributed by atoms with Gasteiger partial charge in [-0.2, -0.15) is 0 Å². The molecule has 29 heavy (non-hydrogen) atoms. The lowest BCUT2D eigenvalue weighted by Gasteiger charge is -2.24. The second-order valence-electron chi connectivity index (χ2n) is 8.39. The molecule has 1 atom stereocenters. The minimum atomic E-state index is 0.450. The maximum Gasteiger partial charge on any atom is 0.0316 e. The van der Waals surface area contributed by atoms with E-state index < -0.39 is 0 Å². The second-order valence-corrected chi connectivity index (χ2v) is 9.41. The second kappa shape index (κ2) is 9.19. The smallest absolute Gasteiger partial charge is 0.0316 e. The standard InChI is InChI=1S/C27H31NS/c1-20(28(2)3)26-17-21-9-13-24(26)14-10-22-12-16-25(15-11-21)27(18-22)29-19-23-7-5-4-6-8-23/h4-9,12-13,16-18,20H,10-11,14-15,19H2,1-3H3/t20-/m0/s1. The zero-order valence-electron chi connectivity index (χ0n) is 17.8. The van der Waals surface area contributed by atoms with E-state index in [2.05, 4.69) is 92.6 Å². The average molecular weight is 402 g/mol. The van der Waals surface area contributed by atoms with Crippen LogP contribution in [0.5, 0.6) is 0 Å². The third kappa shape index (κ3) is 4.94. The molecule has 4 bridgehead atoms. The van der Waals surface area contributed by atoms with Crippen LogP contribution < -0.4 is 0 Å². The summed E-state index contributed by atoms with van der Waals surface area (Å²) in [6, 6.07) is 25.6. The van der Waals surface area contributed by atoms with E-state index in [0.717, 1.165) is 31.4 Å². The topological polar surface area (TPSA) is 3.24 Å². The molecular formula is C27H31NS. The largest absolute Gasteiger partial charge is 0.303 e. The molecule has 0 spiro atoms. The first kappa shape index (κ1) is 20.3. The molecule has 0 aromatic heterocycles. The number of hydrogen-bond acceptors (Lipinski definition) is 2. The number of rotatable bonds is 5. The summed E-state index contributed by atoms with van der Waals surface area (Å²) in [5.41, 5.74) is 8.80. The van der Waals surface area contributed by atoms with Crippen LogP contribution in [0.3, 0.4) is 0 Å². The maximum atomic E-state index is 2.46. The van der Waals surface area contributed by atoms with Crippen LogP contribution in [-0.4, -0.2) is 19.0 Å². The molecule has 150 valence electrons. The summed E-state index contributed by atoms with van der Waals surface area (Å²) in [7, 11) is 4.36. The van der Waals surface area contributed by atoms with E-state index in [0.29, 0.717) is 6.04 Å². The highest BCUT2D eigenvalue weighted by Crippen LogP contribution is 2.31. The summed E-state index contributed by atoms with van der Waals surface area (Å²) >= 11 is 1.99. The lowest BCUT2D eigenvalue weighted by molar-refractivity contribution is 0.319. The van der Waals surface area contributed by atoms with Gasteiger partial charge in [-0.05, 0) is 86.1 Å². The number of benzene rings is 3. The quantitative estimate of drug-likeness (QED) is 0.450. The van der Waals surface area contributed by atoms with Crippen molar-refractivity contribution in [2.75, 3.05) is 14.1 Å². The Balaban J connectivity index is 1.60. The molecule has 3 aromatic carbocycles. The Morgan fingerprint density at radius 1 is 0.793 bits per heavy atom. The molecule has 0 heterocycles. The van der Waals surface area contributed by atoms with Crippen LogP contribution in [0.25, 0.3) is 0 Å². The minimum Gasteiger partial charge on any atom is -0.303 e. The summed E-state index contributed by atoms with van der Waals surface area (Å²) < 4.78 is 0. The molecule has 1 nitrogen and oxygen atoms in total. The normalized spacial score (nSPS) is 14.6. The van der Waals surface area contributed by atoms with E-state index in [4.69, 9.17) is 0 Å². The lowest BCUT2D eigenvalue weighted by Crippen LogP contribution is -2.19. The van der Waals surface area contributed by atoms with Crippen molar-refractivity contribution in [3.05, 3.63) is 100 Å². The number of aryl methyl sites for hydroxylation is 4. The summed E-state index contributed by atoms with van der Waals surface area (Å²) in [6.45, 7) is 2.32. The highest BCUT2D eigenvalue weighted by atomic mass is 32.2. The molecule has 3 aromatic rings. The average Bonchev–Trinajstić information content (AvgIpc) is 2.74. The Bertz CT molecular complexity index is 962. The molecule has 2 heteroatoms. The van der Waals surface area contributed by atoms with Gasteiger partial charge in [0.2, 0.25) is 0 Å². The van der Waals surface area contributed by atoms with Gasteiger partial charge in [-0.3, -0.25) is 0 Å². The van der Waals surface area contributed by atoms with E-state index in [1.807, 2.05) is 11.8 Å². The minimum absolute atomic E-state index is 0.450. The van der Waals surface area contributed by atoms with Crippen molar-refractivity contribution in [1.82, 2.24) is 4.90 Å². The fraction of sp³-hybridized carbons (Fsp3) is 0.333.